The lowest BCUT2D eigenvalue weighted by atomic mass is 10.0. The Morgan fingerprint density at radius 2 is 1.84 bits per heavy atom. The molecule has 136 valence electrons. The Morgan fingerprint density at radius 3 is 2.48 bits per heavy atom. The number of nitrogens with zero attached hydrogens (tertiary/aromatic N) is 1. The van der Waals surface area contributed by atoms with Crippen LogP contribution in [0.2, 0.25) is 0 Å². The Morgan fingerprint density at radius 1 is 1.12 bits per heavy atom. The number of hydrogen-bond acceptors (Lipinski definition) is 2. The van der Waals surface area contributed by atoms with Crippen LogP contribution in [0.1, 0.15) is 36.9 Å². The zero-order chi connectivity index (χ0) is 17.4. The van der Waals surface area contributed by atoms with Crippen LogP contribution in [0.15, 0.2) is 54.6 Å². The van der Waals surface area contributed by atoms with E-state index in [9.17, 15) is 9.18 Å². The van der Waals surface area contributed by atoms with Crippen molar-refractivity contribution < 1.29 is 9.18 Å². The van der Waals surface area contributed by atoms with Crippen LogP contribution in [0, 0.1) is 5.82 Å². The number of benzene rings is 2. The quantitative estimate of drug-likeness (QED) is 0.765. The summed E-state index contributed by atoms with van der Waals surface area (Å²) in [5.41, 5.74) is 8.02. The van der Waals surface area contributed by atoms with Crippen molar-refractivity contribution in [1.82, 2.24) is 4.90 Å². The first-order valence-corrected chi connectivity index (χ1v) is 8.43. The summed E-state index contributed by atoms with van der Waals surface area (Å²) in [7, 11) is 0. The van der Waals surface area contributed by atoms with Crippen molar-refractivity contribution in [3.8, 4) is 0 Å². The molecule has 0 aliphatic carbocycles. The molecule has 1 atom stereocenters. The van der Waals surface area contributed by atoms with Crippen molar-refractivity contribution >= 4 is 18.3 Å². The lowest BCUT2D eigenvalue weighted by Gasteiger charge is -2.24. The molecular formula is C20H26ClFN2O. The largest absolute Gasteiger partial charge is 0.342 e. The van der Waals surface area contributed by atoms with Crippen molar-refractivity contribution in [2.24, 2.45) is 5.73 Å². The van der Waals surface area contributed by atoms with Crippen LogP contribution >= 0.6 is 12.4 Å². The predicted molar refractivity (Wildman–Crippen MR) is 102 cm³/mol. The highest BCUT2D eigenvalue weighted by molar-refractivity contribution is 5.85. The van der Waals surface area contributed by atoms with Crippen molar-refractivity contribution in [2.45, 2.75) is 32.2 Å². The third-order valence-electron chi connectivity index (χ3n) is 4.03. The third kappa shape index (κ3) is 6.85. The summed E-state index contributed by atoms with van der Waals surface area (Å²) in [6, 6.07) is 15.9. The van der Waals surface area contributed by atoms with Gasteiger partial charge in [-0.1, -0.05) is 49.4 Å². The molecule has 25 heavy (non-hydrogen) atoms. The maximum Gasteiger partial charge on any atom is 0.224 e. The second kappa shape index (κ2) is 10.9. The zero-order valence-electron chi connectivity index (χ0n) is 14.5. The molecule has 1 amide bonds. The van der Waals surface area contributed by atoms with E-state index in [4.69, 9.17) is 5.73 Å². The smallest absolute Gasteiger partial charge is 0.224 e. The lowest BCUT2D eigenvalue weighted by molar-refractivity contribution is -0.131. The zero-order valence-corrected chi connectivity index (χ0v) is 15.3. The second-order valence-electron chi connectivity index (χ2n) is 5.98. The maximum atomic E-state index is 13.3. The molecule has 0 aliphatic rings. The van der Waals surface area contributed by atoms with Gasteiger partial charge in [0.1, 0.15) is 5.82 Å². The van der Waals surface area contributed by atoms with Gasteiger partial charge in [-0.25, -0.2) is 4.39 Å². The molecular weight excluding hydrogens is 339 g/mol. The van der Waals surface area contributed by atoms with Gasteiger partial charge in [-0.15, -0.1) is 12.4 Å². The molecule has 0 aliphatic heterocycles. The van der Waals surface area contributed by atoms with Gasteiger partial charge in [0.25, 0.3) is 0 Å². The van der Waals surface area contributed by atoms with Crippen LogP contribution in [-0.4, -0.2) is 23.9 Å². The average molecular weight is 365 g/mol. The van der Waals surface area contributed by atoms with Crippen LogP contribution in [0.3, 0.4) is 0 Å². The molecule has 0 saturated carbocycles. The summed E-state index contributed by atoms with van der Waals surface area (Å²) in [5.74, 6) is -0.198. The molecule has 2 aromatic rings. The van der Waals surface area contributed by atoms with E-state index in [0.29, 0.717) is 19.5 Å². The maximum absolute atomic E-state index is 13.3. The van der Waals surface area contributed by atoms with E-state index < -0.39 is 0 Å². The summed E-state index contributed by atoms with van der Waals surface area (Å²) in [5, 5.41) is 0. The standard InChI is InChI=1S/C20H25FN2O.ClH/c1-2-12-23(13-11-16-7-6-10-18(21)14-16)20(24)15-19(22)17-8-4-3-5-9-17;/h3-10,14,19H,2,11-13,15,22H2,1H3;1H. The number of rotatable bonds is 8. The number of halogens is 2. The highest BCUT2D eigenvalue weighted by Crippen LogP contribution is 2.15. The summed E-state index contributed by atoms with van der Waals surface area (Å²) in [4.78, 5) is 14.4. The normalized spacial score (nSPS) is 11.5. The summed E-state index contributed by atoms with van der Waals surface area (Å²) < 4.78 is 13.3. The first-order chi connectivity index (χ1) is 11.6. The molecule has 0 aromatic heterocycles. The van der Waals surface area contributed by atoms with Crippen molar-refractivity contribution in [2.75, 3.05) is 13.1 Å². The fourth-order valence-electron chi connectivity index (χ4n) is 2.72. The SMILES string of the molecule is CCCN(CCc1cccc(F)c1)C(=O)CC(N)c1ccccc1.Cl. The number of carbonyl (C=O) groups is 1. The number of nitrogens with two attached hydrogens (primary N) is 1. The van der Waals surface area contributed by atoms with Crippen LogP contribution < -0.4 is 5.73 Å². The molecule has 2 N–H and O–H groups in total. The van der Waals surface area contributed by atoms with Gasteiger partial charge in [0.05, 0.1) is 0 Å². The van der Waals surface area contributed by atoms with Gasteiger partial charge in [-0.05, 0) is 36.1 Å². The molecule has 0 radical (unpaired) electrons. The minimum absolute atomic E-state index is 0. The van der Waals surface area contributed by atoms with E-state index in [2.05, 4.69) is 0 Å². The predicted octanol–water partition coefficient (Wildman–Crippen LogP) is 4.12. The van der Waals surface area contributed by atoms with Crippen LogP contribution in [-0.2, 0) is 11.2 Å². The van der Waals surface area contributed by atoms with Crippen LogP contribution in [0.4, 0.5) is 4.39 Å². The van der Waals surface area contributed by atoms with Gasteiger partial charge in [-0.3, -0.25) is 4.79 Å². The van der Waals surface area contributed by atoms with Gasteiger partial charge >= 0.3 is 0 Å². The first-order valence-electron chi connectivity index (χ1n) is 8.43. The average Bonchev–Trinajstić information content (AvgIpc) is 2.59. The fourth-order valence-corrected chi connectivity index (χ4v) is 2.72. The van der Waals surface area contributed by atoms with E-state index >= 15 is 0 Å². The number of hydrogen-bond donors (Lipinski definition) is 1. The van der Waals surface area contributed by atoms with Crippen LogP contribution in [0.5, 0.6) is 0 Å². The molecule has 5 heteroatoms. The molecule has 0 heterocycles. The molecule has 0 saturated heterocycles. The fraction of sp³-hybridized carbons (Fsp3) is 0.350. The van der Waals surface area contributed by atoms with E-state index in [-0.39, 0.29) is 36.6 Å². The highest BCUT2D eigenvalue weighted by atomic mass is 35.5. The lowest BCUT2D eigenvalue weighted by Crippen LogP contribution is -2.35. The van der Waals surface area contributed by atoms with Gasteiger partial charge in [0.2, 0.25) is 5.91 Å². The Bertz CT molecular complexity index is 651. The topological polar surface area (TPSA) is 46.3 Å². The van der Waals surface area contributed by atoms with Crippen molar-refractivity contribution in [1.29, 1.82) is 0 Å². The minimum atomic E-state index is -0.299. The minimum Gasteiger partial charge on any atom is -0.342 e. The van der Waals surface area contributed by atoms with Crippen LogP contribution in [0.25, 0.3) is 0 Å². The summed E-state index contributed by atoms with van der Waals surface area (Å²) in [6.07, 6.45) is 1.81. The molecule has 2 aromatic carbocycles. The highest BCUT2D eigenvalue weighted by Gasteiger charge is 2.17. The van der Waals surface area contributed by atoms with Crippen molar-refractivity contribution in [3.63, 3.8) is 0 Å². The van der Waals surface area contributed by atoms with Gasteiger partial charge < -0.3 is 10.6 Å². The molecule has 0 spiro atoms. The Kier molecular flexibility index (Phi) is 9.17. The van der Waals surface area contributed by atoms with Gasteiger partial charge in [0, 0.05) is 25.6 Å². The monoisotopic (exact) mass is 364 g/mol. The summed E-state index contributed by atoms with van der Waals surface area (Å²) in [6.45, 7) is 3.31. The molecule has 2 rings (SSSR count). The van der Waals surface area contributed by atoms with Crippen molar-refractivity contribution in [3.05, 3.63) is 71.5 Å². The van der Waals surface area contributed by atoms with E-state index in [1.54, 1.807) is 6.07 Å². The third-order valence-corrected chi connectivity index (χ3v) is 4.03. The van der Waals surface area contributed by atoms with E-state index in [1.165, 1.54) is 12.1 Å². The number of carbonyl (C=O) groups excluding carboxylic acids is 1. The first kappa shape index (κ1) is 21.1. The Labute approximate surface area is 155 Å². The van der Waals surface area contributed by atoms with E-state index in [1.807, 2.05) is 48.2 Å². The van der Waals surface area contributed by atoms with Gasteiger partial charge in [-0.2, -0.15) is 0 Å². The molecule has 0 fully saturated rings. The molecule has 1 unspecified atom stereocenters. The molecule has 0 bridgehead atoms. The van der Waals surface area contributed by atoms with Gasteiger partial charge in [0.15, 0.2) is 0 Å². The molecule has 3 nitrogen and oxygen atoms in total. The second-order valence-corrected chi connectivity index (χ2v) is 5.98. The Hall–Kier alpha value is -1.91. The summed E-state index contributed by atoms with van der Waals surface area (Å²) >= 11 is 0. The Balaban J connectivity index is 0.00000312. The van der Waals surface area contributed by atoms with E-state index in [0.717, 1.165) is 17.5 Å². The number of amides is 1.